The predicted molar refractivity (Wildman–Crippen MR) is 113 cm³/mol. The van der Waals surface area contributed by atoms with Crippen molar-refractivity contribution in [2.24, 2.45) is 11.3 Å². The maximum Gasteiger partial charge on any atom is 0.326 e. The Morgan fingerprint density at radius 1 is 1.00 bits per heavy atom. The Bertz CT molecular complexity index is 757. The van der Waals surface area contributed by atoms with E-state index in [1.807, 2.05) is 6.07 Å². The second kappa shape index (κ2) is 7.73. The fraction of sp³-hybridized carbons (Fsp3) is 0.652. The summed E-state index contributed by atoms with van der Waals surface area (Å²) in [7, 11) is 0. The van der Waals surface area contributed by atoms with E-state index in [0.29, 0.717) is 12.6 Å². The summed E-state index contributed by atoms with van der Waals surface area (Å²) < 4.78 is 0. The summed E-state index contributed by atoms with van der Waals surface area (Å²) in [6.07, 6.45) is 2.58. The van der Waals surface area contributed by atoms with Crippen LogP contribution in [0.5, 0.6) is 0 Å². The van der Waals surface area contributed by atoms with Gasteiger partial charge in [-0.25, -0.2) is 9.69 Å². The van der Waals surface area contributed by atoms with Crippen molar-refractivity contribution >= 4 is 11.9 Å². The molecule has 0 aromatic heterocycles. The molecule has 1 aliphatic carbocycles. The molecule has 0 bridgehead atoms. The van der Waals surface area contributed by atoms with Gasteiger partial charge in [-0.05, 0) is 36.2 Å². The lowest BCUT2D eigenvalue weighted by Gasteiger charge is -2.44. The highest BCUT2D eigenvalue weighted by molar-refractivity contribution is 6.07. The van der Waals surface area contributed by atoms with Crippen LogP contribution in [0.2, 0.25) is 0 Å². The fourth-order valence-corrected chi connectivity index (χ4v) is 5.76. The summed E-state index contributed by atoms with van der Waals surface area (Å²) in [5, 5.41) is 3.09. The first-order valence-corrected chi connectivity index (χ1v) is 10.9. The SMILES string of the molecule is CC1CC(C)(C)CC2(C1)NC(=O)N(CN1CCN(Cc3ccccc3)CC1)C2=O. The summed E-state index contributed by atoms with van der Waals surface area (Å²) >= 11 is 0. The van der Waals surface area contributed by atoms with Crippen LogP contribution in [0.15, 0.2) is 30.3 Å². The molecular weight excluding hydrogens is 364 g/mol. The van der Waals surface area contributed by atoms with Gasteiger partial charge in [-0.2, -0.15) is 0 Å². The van der Waals surface area contributed by atoms with Gasteiger partial charge in [0.1, 0.15) is 5.54 Å². The van der Waals surface area contributed by atoms with Crippen LogP contribution in [0.1, 0.15) is 45.6 Å². The second-order valence-corrected chi connectivity index (χ2v) is 10.1. The number of imide groups is 1. The Morgan fingerprint density at radius 2 is 1.66 bits per heavy atom. The van der Waals surface area contributed by atoms with E-state index < -0.39 is 5.54 Å². The van der Waals surface area contributed by atoms with Gasteiger partial charge in [-0.15, -0.1) is 0 Å². The molecule has 0 radical (unpaired) electrons. The number of urea groups is 1. The van der Waals surface area contributed by atoms with Crippen LogP contribution in [0, 0.1) is 11.3 Å². The maximum absolute atomic E-state index is 13.3. The molecule has 2 aliphatic heterocycles. The third-order valence-corrected chi connectivity index (χ3v) is 6.68. The van der Waals surface area contributed by atoms with Crippen LogP contribution in [0.4, 0.5) is 4.79 Å². The number of nitrogens with zero attached hydrogens (tertiary/aromatic N) is 3. The molecule has 6 nitrogen and oxygen atoms in total. The molecule has 1 saturated carbocycles. The average molecular weight is 399 g/mol. The molecular formula is C23H34N4O2. The minimum absolute atomic E-state index is 0.0196. The topological polar surface area (TPSA) is 55.9 Å². The monoisotopic (exact) mass is 398 g/mol. The highest BCUT2D eigenvalue weighted by Gasteiger charge is 2.56. The van der Waals surface area contributed by atoms with Gasteiger partial charge in [0, 0.05) is 32.7 Å². The quantitative estimate of drug-likeness (QED) is 0.793. The molecule has 1 aromatic rings. The van der Waals surface area contributed by atoms with E-state index in [1.54, 1.807) is 0 Å². The van der Waals surface area contributed by atoms with Crippen molar-refractivity contribution in [1.82, 2.24) is 20.0 Å². The number of hydrogen-bond donors (Lipinski definition) is 1. The second-order valence-electron chi connectivity index (χ2n) is 10.1. The number of carbonyl (C=O) groups is 2. The van der Waals surface area contributed by atoms with E-state index in [-0.39, 0.29) is 17.4 Å². The zero-order chi connectivity index (χ0) is 20.6. The first kappa shape index (κ1) is 20.4. The number of carbonyl (C=O) groups excluding carboxylic acids is 2. The van der Waals surface area contributed by atoms with Gasteiger partial charge < -0.3 is 5.32 Å². The maximum atomic E-state index is 13.3. The Morgan fingerprint density at radius 3 is 2.31 bits per heavy atom. The highest BCUT2D eigenvalue weighted by atomic mass is 16.2. The molecule has 2 unspecified atom stereocenters. The molecule has 4 rings (SSSR count). The number of benzene rings is 1. The first-order valence-electron chi connectivity index (χ1n) is 10.9. The standard InChI is InChI=1S/C23H34N4O2/c1-18-13-22(2,3)16-23(14-18)20(28)27(21(29)24-23)17-26-11-9-25(10-12-26)15-19-7-5-4-6-8-19/h4-8,18H,9-17H2,1-3H3,(H,24,29). The van der Waals surface area contributed by atoms with Gasteiger partial charge in [-0.3, -0.25) is 14.6 Å². The molecule has 2 heterocycles. The average Bonchev–Trinajstić information content (AvgIpc) is 2.86. The lowest BCUT2D eigenvalue weighted by molar-refractivity contribution is -0.136. The number of hydrogen-bond acceptors (Lipinski definition) is 4. The summed E-state index contributed by atoms with van der Waals surface area (Å²) in [5.41, 5.74) is 0.693. The van der Waals surface area contributed by atoms with Crippen LogP contribution >= 0.6 is 0 Å². The van der Waals surface area contributed by atoms with Crippen LogP contribution in [0.3, 0.4) is 0 Å². The van der Waals surface area contributed by atoms with Gasteiger partial charge in [-0.1, -0.05) is 51.1 Å². The van der Waals surface area contributed by atoms with Crippen LogP contribution < -0.4 is 5.32 Å². The Balaban J connectivity index is 1.34. The number of piperazine rings is 1. The summed E-state index contributed by atoms with van der Waals surface area (Å²) in [4.78, 5) is 32.1. The molecule has 1 N–H and O–H groups in total. The molecule has 158 valence electrons. The summed E-state index contributed by atoms with van der Waals surface area (Å²) in [6.45, 7) is 11.6. The van der Waals surface area contributed by atoms with Gasteiger partial charge in [0.25, 0.3) is 5.91 Å². The van der Waals surface area contributed by atoms with Gasteiger partial charge in [0.15, 0.2) is 0 Å². The van der Waals surface area contributed by atoms with Crippen molar-refractivity contribution < 1.29 is 9.59 Å². The molecule has 6 heteroatoms. The number of rotatable bonds is 4. The Kier molecular flexibility index (Phi) is 5.42. The molecule has 29 heavy (non-hydrogen) atoms. The van der Waals surface area contributed by atoms with E-state index in [1.165, 1.54) is 10.5 Å². The van der Waals surface area contributed by atoms with E-state index in [2.05, 4.69) is 60.2 Å². The highest BCUT2D eigenvalue weighted by Crippen LogP contribution is 2.46. The normalized spacial score (nSPS) is 30.7. The lowest BCUT2D eigenvalue weighted by atomic mass is 9.64. The molecule has 2 atom stereocenters. The lowest BCUT2D eigenvalue weighted by Crippen LogP contribution is -2.55. The summed E-state index contributed by atoms with van der Waals surface area (Å²) in [5.74, 6) is 0.415. The van der Waals surface area contributed by atoms with Gasteiger partial charge in [0.2, 0.25) is 0 Å². The number of amides is 3. The molecule has 3 fully saturated rings. The van der Waals surface area contributed by atoms with Crippen molar-refractivity contribution in [1.29, 1.82) is 0 Å². The van der Waals surface area contributed by atoms with E-state index >= 15 is 0 Å². The molecule has 1 aromatic carbocycles. The Hall–Kier alpha value is -1.92. The van der Waals surface area contributed by atoms with Crippen LogP contribution in [-0.4, -0.2) is 65.0 Å². The largest absolute Gasteiger partial charge is 0.326 e. The van der Waals surface area contributed by atoms with Crippen molar-refractivity contribution in [3.8, 4) is 0 Å². The third-order valence-electron chi connectivity index (χ3n) is 6.68. The molecule has 3 amide bonds. The van der Waals surface area contributed by atoms with Crippen molar-refractivity contribution in [2.45, 2.75) is 52.1 Å². The third kappa shape index (κ3) is 4.33. The van der Waals surface area contributed by atoms with Crippen molar-refractivity contribution in [2.75, 3.05) is 32.8 Å². The molecule has 2 saturated heterocycles. The van der Waals surface area contributed by atoms with Gasteiger partial charge in [0.05, 0.1) is 6.67 Å². The van der Waals surface area contributed by atoms with Crippen LogP contribution in [0.25, 0.3) is 0 Å². The molecule has 1 spiro atoms. The zero-order valence-electron chi connectivity index (χ0n) is 18.0. The Labute approximate surface area is 174 Å². The van der Waals surface area contributed by atoms with Gasteiger partial charge >= 0.3 is 6.03 Å². The van der Waals surface area contributed by atoms with Crippen LogP contribution in [-0.2, 0) is 11.3 Å². The fourth-order valence-electron chi connectivity index (χ4n) is 5.76. The first-order chi connectivity index (χ1) is 13.8. The molecule has 3 aliphatic rings. The van der Waals surface area contributed by atoms with E-state index in [4.69, 9.17) is 0 Å². The van der Waals surface area contributed by atoms with E-state index in [0.717, 1.165) is 52.0 Å². The van der Waals surface area contributed by atoms with Crippen molar-refractivity contribution in [3.05, 3.63) is 35.9 Å². The summed E-state index contributed by atoms with van der Waals surface area (Å²) in [6, 6.07) is 10.3. The van der Waals surface area contributed by atoms with Crippen molar-refractivity contribution in [3.63, 3.8) is 0 Å². The predicted octanol–water partition coefficient (Wildman–Crippen LogP) is 2.90. The zero-order valence-corrected chi connectivity index (χ0v) is 18.0. The number of nitrogens with one attached hydrogen (secondary N) is 1. The van der Waals surface area contributed by atoms with E-state index in [9.17, 15) is 9.59 Å². The minimum Gasteiger partial charge on any atom is -0.323 e. The minimum atomic E-state index is -0.701. The smallest absolute Gasteiger partial charge is 0.323 e.